The minimum Gasteiger partial charge on any atom is -0.508 e. The summed E-state index contributed by atoms with van der Waals surface area (Å²) < 4.78 is 13.0. The SMILES string of the molecule is O=C(O)c1cc(-c2cc(O)cc(F)c2)cs1. The van der Waals surface area contributed by atoms with Gasteiger partial charge in [0.15, 0.2) is 0 Å². The van der Waals surface area contributed by atoms with Gasteiger partial charge in [-0.3, -0.25) is 0 Å². The number of carbonyl (C=O) groups is 1. The number of hydrogen-bond donors (Lipinski definition) is 2. The van der Waals surface area contributed by atoms with Gasteiger partial charge < -0.3 is 10.2 Å². The van der Waals surface area contributed by atoms with Crippen molar-refractivity contribution >= 4 is 17.3 Å². The summed E-state index contributed by atoms with van der Waals surface area (Å²) in [5, 5.41) is 19.6. The molecule has 1 heterocycles. The van der Waals surface area contributed by atoms with Crippen molar-refractivity contribution in [1.29, 1.82) is 0 Å². The van der Waals surface area contributed by atoms with Gasteiger partial charge in [0, 0.05) is 6.07 Å². The standard InChI is InChI=1S/C11H7FO3S/c12-8-1-6(2-9(13)4-8)7-3-10(11(14)15)16-5-7/h1-5,13H,(H,14,15). The third kappa shape index (κ3) is 2.04. The van der Waals surface area contributed by atoms with Gasteiger partial charge in [-0.1, -0.05) is 0 Å². The molecule has 5 heteroatoms. The molecule has 2 N–H and O–H groups in total. The van der Waals surface area contributed by atoms with E-state index in [0.717, 1.165) is 17.4 Å². The van der Waals surface area contributed by atoms with Crippen molar-refractivity contribution in [2.45, 2.75) is 0 Å². The van der Waals surface area contributed by atoms with E-state index in [-0.39, 0.29) is 10.6 Å². The second-order valence-corrected chi connectivity index (χ2v) is 4.11. The lowest BCUT2D eigenvalue weighted by molar-refractivity contribution is 0.0702. The number of benzene rings is 1. The van der Waals surface area contributed by atoms with E-state index in [4.69, 9.17) is 5.11 Å². The number of phenols is 1. The molecule has 0 unspecified atom stereocenters. The van der Waals surface area contributed by atoms with Crippen LogP contribution in [-0.4, -0.2) is 16.2 Å². The van der Waals surface area contributed by atoms with Crippen LogP contribution in [0.3, 0.4) is 0 Å². The van der Waals surface area contributed by atoms with Crippen LogP contribution in [0.5, 0.6) is 5.75 Å². The lowest BCUT2D eigenvalue weighted by Gasteiger charge is -1.99. The molecule has 0 aliphatic heterocycles. The Morgan fingerprint density at radius 1 is 1.19 bits per heavy atom. The van der Waals surface area contributed by atoms with Crippen LogP contribution >= 0.6 is 11.3 Å². The van der Waals surface area contributed by atoms with E-state index in [1.807, 2.05) is 0 Å². The number of hydrogen-bond acceptors (Lipinski definition) is 3. The smallest absolute Gasteiger partial charge is 0.345 e. The van der Waals surface area contributed by atoms with Gasteiger partial charge >= 0.3 is 5.97 Å². The molecule has 16 heavy (non-hydrogen) atoms. The van der Waals surface area contributed by atoms with Gasteiger partial charge in [-0.05, 0) is 34.7 Å². The summed E-state index contributed by atoms with van der Waals surface area (Å²) in [5.41, 5.74) is 1.04. The molecule has 0 bridgehead atoms. The van der Waals surface area contributed by atoms with Crippen molar-refractivity contribution in [2.24, 2.45) is 0 Å². The first-order valence-corrected chi connectivity index (χ1v) is 5.26. The Morgan fingerprint density at radius 2 is 1.94 bits per heavy atom. The first-order valence-electron chi connectivity index (χ1n) is 4.38. The number of halogens is 1. The fraction of sp³-hybridized carbons (Fsp3) is 0. The normalized spacial score (nSPS) is 10.3. The Hall–Kier alpha value is -1.88. The fourth-order valence-corrected chi connectivity index (χ4v) is 2.09. The Bertz CT molecular complexity index is 528. The van der Waals surface area contributed by atoms with Gasteiger partial charge in [-0.25, -0.2) is 9.18 Å². The van der Waals surface area contributed by atoms with E-state index < -0.39 is 11.8 Å². The molecule has 2 rings (SSSR count). The molecular formula is C11H7FO3S. The van der Waals surface area contributed by atoms with Crippen LogP contribution in [0.1, 0.15) is 9.67 Å². The summed E-state index contributed by atoms with van der Waals surface area (Å²) in [6.07, 6.45) is 0. The van der Waals surface area contributed by atoms with E-state index in [9.17, 15) is 14.3 Å². The topological polar surface area (TPSA) is 57.5 Å². The van der Waals surface area contributed by atoms with Crippen LogP contribution in [0.4, 0.5) is 4.39 Å². The molecule has 82 valence electrons. The molecular weight excluding hydrogens is 231 g/mol. The molecule has 0 radical (unpaired) electrons. The van der Waals surface area contributed by atoms with Gasteiger partial charge in [0.25, 0.3) is 0 Å². The zero-order valence-electron chi connectivity index (χ0n) is 7.98. The Balaban J connectivity index is 2.46. The van der Waals surface area contributed by atoms with Crippen LogP contribution in [0.25, 0.3) is 11.1 Å². The predicted octanol–water partition coefficient (Wildman–Crippen LogP) is 2.96. The Labute approximate surface area is 94.4 Å². The van der Waals surface area contributed by atoms with Gasteiger partial charge in [-0.15, -0.1) is 11.3 Å². The average molecular weight is 238 g/mol. The van der Waals surface area contributed by atoms with Crippen LogP contribution in [0.2, 0.25) is 0 Å². The summed E-state index contributed by atoms with van der Waals surface area (Å²) in [4.78, 5) is 10.8. The number of aromatic hydroxyl groups is 1. The van der Waals surface area contributed by atoms with Crippen molar-refractivity contribution in [2.75, 3.05) is 0 Å². The van der Waals surface area contributed by atoms with E-state index in [0.29, 0.717) is 11.1 Å². The molecule has 0 aliphatic rings. The lowest BCUT2D eigenvalue weighted by atomic mass is 10.1. The summed E-state index contributed by atoms with van der Waals surface area (Å²) in [7, 11) is 0. The van der Waals surface area contributed by atoms with E-state index in [1.54, 1.807) is 5.38 Å². The Kier molecular flexibility index (Phi) is 2.62. The van der Waals surface area contributed by atoms with Crippen LogP contribution in [0.15, 0.2) is 29.6 Å². The molecule has 0 aliphatic carbocycles. The fourth-order valence-electron chi connectivity index (χ4n) is 1.34. The molecule has 2 aromatic rings. The zero-order chi connectivity index (χ0) is 11.7. The first kappa shape index (κ1) is 10.6. The third-order valence-corrected chi connectivity index (χ3v) is 2.94. The molecule has 1 aromatic heterocycles. The quantitative estimate of drug-likeness (QED) is 0.845. The lowest BCUT2D eigenvalue weighted by Crippen LogP contribution is -1.90. The van der Waals surface area contributed by atoms with Crippen molar-refractivity contribution in [3.8, 4) is 16.9 Å². The maximum absolute atomic E-state index is 13.0. The third-order valence-electron chi connectivity index (χ3n) is 2.03. The maximum Gasteiger partial charge on any atom is 0.345 e. The van der Waals surface area contributed by atoms with E-state index in [2.05, 4.69) is 0 Å². The van der Waals surface area contributed by atoms with Gasteiger partial charge in [0.2, 0.25) is 0 Å². The van der Waals surface area contributed by atoms with Crippen molar-refractivity contribution in [3.63, 3.8) is 0 Å². The van der Waals surface area contributed by atoms with Gasteiger partial charge in [0.05, 0.1) is 0 Å². The minimum absolute atomic E-state index is 0.179. The highest BCUT2D eigenvalue weighted by atomic mass is 32.1. The van der Waals surface area contributed by atoms with Crippen molar-refractivity contribution in [1.82, 2.24) is 0 Å². The van der Waals surface area contributed by atoms with Crippen LogP contribution < -0.4 is 0 Å². The largest absolute Gasteiger partial charge is 0.508 e. The summed E-state index contributed by atoms with van der Waals surface area (Å²) in [5.74, 6) is -1.76. The number of thiophene rings is 1. The van der Waals surface area contributed by atoms with E-state index >= 15 is 0 Å². The summed E-state index contributed by atoms with van der Waals surface area (Å²) in [6, 6.07) is 5.07. The van der Waals surface area contributed by atoms with Crippen molar-refractivity contribution < 1.29 is 19.4 Å². The Morgan fingerprint density at radius 3 is 2.50 bits per heavy atom. The number of carboxylic acids is 1. The molecule has 0 atom stereocenters. The maximum atomic E-state index is 13.0. The highest BCUT2D eigenvalue weighted by molar-refractivity contribution is 7.12. The molecule has 0 fully saturated rings. The highest BCUT2D eigenvalue weighted by Crippen LogP contribution is 2.28. The average Bonchev–Trinajstić information content (AvgIpc) is 2.64. The molecule has 0 amide bonds. The number of carboxylic acid groups (broad SMARTS) is 1. The molecule has 0 saturated carbocycles. The molecule has 0 saturated heterocycles. The summed E-state index contributed by atoms with van der Waals surface area (Å²) in [6.45, 7) is 0. The zero-order valence-corrected chi connectivity index (χ0v) is 8.79. The predicted molar refractivity (Wildman–Crippen MR) is 58.3 cm³/mol. The van der Waals surface area contributed by atoms with Crippen LogP contribution in [0, 0.1) is 5.82 Å². The number of phenolic OH excluding ortho intramolecular Hbond substituents is 1. The monoisotopic (exact) mass is 238 g/mol. The molecule has 0 spiro atoms. The van der Waals surface area contributed by atoms with Gasteiger partial charge in [0.1, 0.15) is 16.4 Å². The minimum atomic E-state index is -1.02. The van der Waals surface area contributed by atoms with E-state index in [1.165, 1.54) is 18.2 Å². The second-order valence-electron chi connectivity index (χ2n) is 3.20. The molecule has 3 nitrogen and oxygen atoms in total. The van der Waals surface area contributed by atoms with Crippen molar-refractivity contribution in [3.05, 3.63) is 40.3 Å². The number of aromatic carboxylic acids is 1. The summed E-state index contributed by atoms with van der Waals surface area (Å²) >= 11 is 1.06. The molecule has 1 aromatic carbocycles. The van der Waals surface area contributed by atoms with Crippen LogP contribution in [-0.2, 0) is 0 Å². The number of rotatable bonds is 2. The second kappa shape index (κ2) is 3.94. The van der Waals surface area contributed by atoms with Gasteiger partial charge in [-0.2, -0.15) is 0 Å². The highest BCUT2D eigenvalue weighted by Gasteiger charge is 2.09. The first-order chi connectivity index (χ1) is 7.56.